The second-order valence-corrected chi connectivity index (χ2v) is 7.03. The quantitative estimate of drug-likeness (QED) is 0.757. The Balaban J connectivity index is 2.23. The van der Waals surface area contributed by atoms with Crippen molar-refractivity contribution in [1.29, 1.82) is 0 Å². The van der Waals surface area contributed by atoms with Gasteiger partial charge in [0.15, 0.2) is 5.69 Å². The van der Waals surface area contributed by atoms with Gasteiger partial charge in [-0.3, -0.25) is 4.57 Å². The number of carbonyl (C=O) groups excluding carboxylic acids is 1. The van der Waals surface area contributed by atoms with Crippen molar-refractivity contribution in [1.82, 2.24) is 9.55 Å². The molecule has 25 heavy (non-hydrogen) atoms. The van der Waals surface area contributed by atoms with E-state index in [2.05, 4.69) is 24.9 Å². The van der Waals surface area contributed by atoms with E-state index in [1.165, 1.54) is 12.4 Å². The Morgan fingerprint density at radius 3 is 2.80 bits per heavy atom. The topological polar surface area (TPSA) is 44.1 Å². The number of rotatable bonds is 4. The van der Waals surface area contributed by atoms with Gasteiger partial charge in [-0.1, -0.05) is 26.0 Å². The van der Waals surface area contributed by atoms with Crippen LogP contribution in [0.4, 0.5) is 4.39 Å². The number of aromatic nitrogens is 2. The van der Waals surface area contributed by atoms with Crippen molar-refractivity contribution in [3.63, 3.8) is 0 Å². The van der Waals surface area contributed by atoms with E-state index in [1.807, 2.05) is 6.92 Å². The first-order valence-corrected chi connectivity index (χ1v) is 8.57. The summed E-state index contributed by atoms with van der Waals surface area (Å²) in [5, 5.41) is 0. The predicted molar refractivity (Wildman–Crippen MR) is 95.2 cm³/mol. The molecule has 1 aromatic carbocycles. The standard InChI is InChI=1S/C20H23FN2O2/c1-5-25-19(24)17-18(14-7-6-10-20(14,3)4)23(12-22-17)16-11-13(2)8-9-15(16)21/h7-9,11-12H,5-6,10H2,1-4H3. The minimum absolute atomic E-state index is 0.112. The summed E-state index contributed by atoms with van der Waals surface area (Å²) >= 11 is 0. The van der Waals surface area contributed by atoms with Gasteiger partial charge in [0, 0.05) is 0 Å². The largest absolute Gasteiger partial charge is 0.461 e. The van der Waals surface area contributed by atoms with Crippen LogP contribution >= 0.6 is 0 Å². The molecule has 1 aliphatic carbocycles. The van der Waals surface area contributed by atoms with E-state index >= 15 is 0 Å². The lowest BCUT2D eigenvalue weighted by Crippen LogP contribution is -2.16. The van der Waals surface area contributed by atoms with E-state index in [0.717, 1.165) is 24.0 Å². The van der Waals surface area contributed by atoms with E-state index in [9.17, 15) is 9.18 Å². The fraction of sp³-hybridized carbons (Fsp3) is 0.400. The van der Waals surface area contributed by atoms with Gasteiger partial charge >= 0.3 is 5.97 Å². The third kappa shape index (κ3) is 3.11. The SMILES string of the molecule is CCOC(=O)c1ncn(-c2cc(C)ccc2F)c1C1=CCCC1(C)C. The fourth-order valence-electron chi connectivity index (χ4n) is 3.35. The van der Waals surface area contributed by atoms with Crippen LogP contribution in [0, 0.1) is 18.2 Å². The van der Waals surface area contributed by atoms with E-state index in [-0.39, 0.29) is 23.5 Å². The van der Waals surface area contributed by atoms with Crippen LogP contribution in [0.15, 0.2) is 30.6 Å². The fourth-order valence-corrected chi connectivity index (χ4v) is 3.35. The number of hydrogen-bond acceptors (Lipinski definition) is 3. The predicted octanol–water partition coefficient (Wildman–Crippen LogP) is 4.70. The van der Waals surface area contributed by atoms with Crippen molar-refractivity contribution in [3.05, 3.63) is 53.4 Å². The highest BCUT2D eigenvalue weighted by Crippen LogP contribution is 2.45. The Bertz CT molecular complexity index is 849. The monoisotopic (exact) mass is 342 g/mol. The van der Waals surface area contributed by atoms with E-state index in [4.69, 9.17) is 4.74 Å². The Labute approximate surface area is 147 Å². The van der Waals surface area contributed by atoms with Gasteiger partial charge in [-0.15, -0.1) is 0 Å². The van der Waals surface area contributed by atoms with Crippen LogP contribution < -0.4 is 0 Å². The summed E-state index contributed by atoms with van der Waals surface area (Å²) in [6, 6.07) is 4.92. The van der Waals surface area contributed by atoms with Crippen molar-refractivity contribution >= 4 is 11.5 Å². The molecule has 0 unspecified atom stereocenters. The molecule has 1 aliphatic rings. The number of nitrogens with zero attached hydrogens (tertiary/aromatic N) is 2. The molecule has 0 bridgehead atoms. The number of ether oxygens (including phenoxy) is 1. The molecule has 0 saturated heterocycles. The Morgan fingerprint density at radius 2 is 2.16 bits per heavy atom. The Morgan fingerprint density at radius 1 is 1.40 bits per heavy atom. The summed E-state index contributed by atoms with van der Waals surface area (Å²) < 4.78 is 21.3. The maximum Gasteiger partial charge on any atom is 0.359 e. The number of esters is 1. The Hall–Kier alpha value is -2.43. The molecule has 0 saturated carbocycles. The van der Waals surface area contributed by atoms with Crippen LogP contribution in [0.2, 0.25) is 0 Å². The number of halogens is 1. The minimum atomic E-state index is -0.479. The van der Waals surface area contributed by atoms with Crippen molar-refractivity contribution in [3.8, 4) is 5.69 Å². The van der Waals surface area contributed by atoms with Gasteiger partial charge < -0.3 is 4.74 Å². The number of carbonyl (C=O) groups is 1. The summed E-state index contributed by atoms with van der Waals surface area (Å²) in [4.78, 5) is 16.7. The normalized spacial score (nSPS) is 16.0. The summed E-state index contributed by atoms with van der Waals surface area (Å²) in [7, 11) is 0. The third-order valence-electron chi connectivity index (χ3n) is 4.70. The van der Waals surface area contributed by atoms with Gasteiger partial charge in [0.2, 0.25) is 0 Å². The maximum absolute atomic E-state index is 14.5. The highest BCUT2D eigenvalue weighted by atomic mass is 19.1. The van der Waals surface area contributed by atoms with Gasteiger partial charge in [0.25, 0.3) is 0 Å². The molecule has 0 aliphatic heterocycles. The summed E-state index contributed by atoms with van der Waals surface area (Å²) in [5.74, 6) is -0.830. The average molecular weight is 342 g/mol. The van der Waals surface area contributed by atoms with Crippen LogP contribution in [-0.4, -0.2) is 22.1 Å². The first kappa shape index (κ1) is 17.4. The average Bonchev–Trinajstić information content (AvgIpc) is 3.12. The second-order valence-electron chi connectivity index (χ2n) is 7.03. The van der Waals surface area contributed by atoms with Gasteiger partial charge in [0.05, 0.1) is 18.0 Å². The number of hydrogen-bond donors (Lipinski definition) is 0. The molecule has 0 amide bonds. The van der Waals surface area contributed by atoms with E-state index in [1.54, 1.807) is 23.6 Å². The van der Waals surface area contributed by atoms with E-state index in [0.29, 0.717) is 11.4 Å². The molecule has 5 heteroatoms. The molecule has 0 spiro atoms. The van der Waals surface area contributed by atoms with Gasteiger partial charge in [-0.2, -0.15) is 0 Å². The molecule has 0 radical (unpaired) electrons. The van der Waals surface area contributed by atoms with Crippen molar-refractivity contribution < 1.29 is 13.9 Å². The summed E-state index contributed by atoms with van der Waals surface area (Å²) in [5.41, 5.74) is 3.10. The molecular formula is C20H23FN2O2. The summed E-state index contributed by atoms with van der Waals surface area (Å²) in [6.07, 6.45) is 5.52. The van der Waals surface area contributed by atoms with Gasteiger partial charge in [0.1, 0.15) is 12.1 Å². The first-order chi connectivity index (χ1) is 11.8. The Kier molecular flexibility index (Phi) is 4.50. The molecule has 0 atom stereocenters. The smallest absolute Gasteiger partial charge is 0.359 e. The zero-order chi connectivity index (χ0) is 18.2. The van der Waals surface area contributed by atoms with Crippen LogP contribution in [0.5, 0.6) is 0 Å². The lowest BCUT2D eigenvalue weighted by atomic mass is 9.83. The number of allylic oxidation sites excluding steroid dienone is 2. The maximum atomic E-state index is 14.5. The molecule has 2 aromatic rings. The molecule has 1 aromatic heterocycles. The number of imidazole rings is 1. The number of benzene rings is 1. The molecule has 1 heterocycles. The third-order valence-corrected chi connectivity index (χ3v) is 4.70. The first-order valence-electron chi connectivity index (χ1n) is 8.57. The zero-order valence-electron chi connectivity index (χ0n) is 15.1. The minimum Gasteiger partial charge on any atom is -0.461 e. The highest BCUT2D eigenvalue weighted by molar-refractivity contribution is 5.94. The zero-order valence-corrected chi connectivity index (χ0v) is 15.1. The van der Waals surface area contributed by atoms with Crippen molar-refractivity contribution in [2.75, 3.05) is 6.61 Å². The van der Waals surface area contributed by atoms with Crippen LogP contribution in [0.25, 0.3) is 11.3 Å². The van der Waals surface area contributed by atoms with Crippen LogP contribution in [0.3, 0.4) is 0 Å². The van der Waals surface area contributed by atoms with Gasteiger partial charge in [-0.05, 0) is 55.4 Å². The molecular weight excluding hydrogens is 319 g/mol. The number of aryl methyl sites for hydroxylation is 1. The van der Waals surface area contributed by atoms with Crippen LogP contribution in [-0.2, 0) is 4.74 Å². The molecule has 132 valence electrons. The second kappa shape index (κ2) is 6.47. The lowest BCUT2D eigenvalue weighted by Gasteiger charge is -2.24. The molecule has 4 nitrogen and oxygen atoms in total. The highest BCUT2D eigenvalue weighted by Gasteiger charge is 2.34. The molecule has 0 N–H and O–H groups in total. The summed E-state index contributed by atoms with van der Waals surface area (Å²) in [6.45, 7) is 8.19. The van der Waals surface area contributed by atoms with E-state index < -0.39 is 5.97 Å². The molecule has 0 fully saturated rings. The van der Waals surface area contributed by atoms with Crippen molar-refractivity contribution in [2.24, 2.45) is 5.41 Å². The van der Waals surface area contributed by atoms with Crippen LogP contribution in [0.1, 0.15) is 55.4 Å². The molecule has 3 rings (SSSR count). The van der Waals surface area contributed by atoms with Gasteiger partial charge in [-0.25, -0.2) is 14.2 Å². The lowest BCUT2D eigenvalue weighted by molar-refractivity contribution is 0.0519. The van der Waals surface area contributed by atoms with Crippen molar-refractivity contribution in [2.45, 2.75) is 40.5 Å².